The highest BCUT2D eigenvalue weighted by Gasteiger charge is 2.25. The Labute approximate surface area is 215 Å². The molecule has 0 saturated heterocycles. The van der Waals surface area contributed by atoms with Gasteiger partial charge in [0.2, 0.25) is 5.91 Å². The lowest BCUT2D eigenvalue weighted by Gasteiger charge is -2.25. The van der Waals surface area contributed by atoms with E-state index in [4.69, 9.17) is 5.73 Å². The zero-order chi connectivity index (χ0) is 25.1. The number of nitrogens with two attached hydrogens (primary N) is 1. The van der Waals surface area contributed by atoms with E-state index >= 15 is 0 Å². The predicted molar refractivity (Wildman–Crippen MR) is 145 cm³/mol. The average Bonchev–Trinajstić information content (AvgIpc) is 3.38. The van der Waals surface area contributed by atoms with Gasteiger partial charge in [0.1, 0.15) is 0 Å². The number of allylic oxidation sites excluding steroid dienone is 1. The van der Waals surface area contributed by atoms with Crippen LogP contribution < -0.4 is 16.4 Å². The summed E-state index contributed by atoms with van der Waals surface area (Å²) in [7, 11) is 2.11. The number of pyridine rings is 1. The minimum atomic E-state index is -0.198. The van der Waals surface area contributed by atoms with E-state index in [2.05, 4.69) is 45.8 Å². The molecule has 2 amide bonds. The first-order valence-corrected chi connectivity index (χ1v) is 12.9. The van der Waals surface area contributed by atoms with Gasteiger partial charge in [-0.05, 0) is 66.9 Å². The number of anilines is 2. The molecule has 7 nitrogen and oxygen atoms in total. The summed E-state index contributed by atoms with van der Waals surface area (Å²) in [4.78, 5) is 33.1. The second kappa shape index (κ2) is 10.6. The van der Waals surface area contributed by atoms with Gasteiger partial charge in [0.25, 0.3) is 5.91 Å². The summed E-state index contributed by atoms with van der Waals surface area (Å²) in [6, 6.07) is 15.4. The van der Waals surface area contributed by atoms with Crippen molar-refractivity contribution in [2.45, 2.75) is 31.2 Å². The summed E-state index contributed by atoms with van der Waals surface area (Å²) in [5.74, 6) is -0.194. The molecule has 184 valence electrons. The van der Waals surface area contributed by atoms with Gasteiger partial charge in [-0.2, -0.15) is 0 Å². The predicted octanol–water partition coefficient (Wildman–Crippen LogP) is 4.07. The molecule has 0 spiro atoms. The third-order valence-corrected chi connectivity index (χ3v) is 7.79. The first-order chi connectivity index (χ1) is 17.4. The molecule has 1 aromatic heterocycles. The first-order valence-electron chi connectivity index (χ1n) is 12.0. The average molecular weight is 500 g/mol. The largest absolute Gasteiger partial charge is 0.397 e. The molecular weight excluding hydrogens is 470 g/mol. The molecule has 0 fully saturated rings. The number of thioether (sulfide) groups is 1. The molecule has 5 rings (SSSR count). The standard InChI is InChI=1S/C28H29N5O2S/c1-33-10-9-19-5-6-24(13-22(19)17-33)32-27(34)20-4-2-3-18(11-20)14-31-28(35)26-8-7-25(36-26)21-12-23(29)16-30-15-21/h2-7,11-13,15-16,26H,8-10,14,17,29H2,1H3,(H,31,35)(H,32,34). The lowest BCUT2D eigenvalue weighted by molar-refractivity contribution is -0.120. The molecule has 8 heteroatoms. The maximum Gasteiger partial charge on any atom is 0.255 e. The van der Waals surface area contributed by atoms with Crippen LogP contribution in [0.25, 0.3) is 4.91 Å². The number of hydrogen-bond donors (Lipinski definition) is 3. The van der Waals surface area contributed by atoms with E-state index in [9.17, 15) is 9.59 Å². The van der Waals surface area contributed by atoms with Crippen LogP contribution in [-0.2, 0) is 24.3 Å². The Hall–Kier alpha value is -3.62. The van der Waals surface area contributed by atoms with Crippen molar-refractivity contribution in [1.29, 1.82) is 0 Å². The molecule has 0 aliphatic carbocycles. The number of carbonyl (C=O) groups is 2. The highest BCUT2D eigenvalue weighted by atomic mass is 32.2. The molecular formula is C28H29N5O2S. The van der Waals surface area contributed by atoms with Crippen LogP contribution in [0, 0.1) is 0 Å². The Balaban J connectivity index is 1.16. The second-order valence-electron chi connectivity index (χ2n) is 9.26. The third kappa shape index (κ3) is 5.61. The second-order valence-corrected chi connectivity index (χ2v) is 10.5. The maximum absolute atomic E-state index is 12.9. The fourth-order valence-corrected chi connectivity index (χ4v) is 5.64. The van der Waals surface area contributed by atoms with Gasteiger partial charge in [-0.3, -0.25) is 14.6 Å². The molecule has 2 aromatic carbocycles. The van der Waals surface area contributed by atoms with Gasteiger partial charge in [-0.15, -0.1) is 11.8 Å². The van der Waals surface area contributed by atoms with Crippen molar-refractivity contribution in [3.8, 4) is 0 Å². The molecule has 36 heavy (non-hydrogen) atoms. The fraction of sp³-hybridized carbons (Fsp3) is 0.250. The van der Waals surface area contributed by atoms with E-state index in [0.717, 1.165) is 41.2 Å². The van der Waals surface area contributed by atoms with Crippen molar-refractivity contribution in [1.82, 2.24) is 15.2 Å². The Morgan fingerprint density at radius 3 is 2.89 bits per heavy atom. The summed E-state index contributed by atoms with van der Waals surface area (Å²) >= 11 is 1.52. The zero-order valence-corrected chi connectivity index (χ0v) is 21.0. The van der Waals surface area contributed by atoms with E-state index in [-0.39, 0.29) is 17.1 Å². The van der Waals surface area contributed by atoms with E-state index in [1.54, 1.807) is 18.5 Å². The van der Waals surface area contributed by atoms with Crippen molar-refractivity contribution in [3.63, 3.8) is 0 Å². The molecule has 4 N–H and O–H groups in total. The lowest BCUT2D eigenvalue weighted by Crippen LogP contribution is -2.31. The Kier molecular flexibility index (Phi) is 7.06. The SMILES string of the molecule is CN1CCc2ccc(NC(=O)c3cccc(CNC(=O)C4CC=C(c5cncc(N)c5)S4)c3)cc2C1. The number of nitrogens with zero attached hydrogens (tertiary/aromatic N) is 2. The molecule has 1 atom stereocenters. The number of rotatable bonds is 6. The topological polar surface area (TPSA) is 100 Å². The quantitative estimate of drug-likeness (QED) is 0.473. The number of nitrogens with one attached hydrogen (secondary N) is 2. The van der Waals surface area contributed by atoms with Crippen LogP contribution in [0.2, 0.25) is 0 Å². The number of benzene rings is 2. The van der Waals surface area contributed by atoms with E-state index in [0.29, 0.717) is 24.2 Å². The highest BCUT2D eigenvalue weighted by molar-refractivity contribution is 8.09. The molecule has 3 heterocycles. The number of likely N-dealkylation sites (N-methyl/N-ethyl adjacent to an activating group) is 1. The Morgan fingerprint density at radius 2 is 2.03 bits per heavy atom. The van der Waals surface area contributed by atoms with E-state index < -0.39 is 0 Å². The van der Waals surface area contributed by atoms with Crippen LogP contribution in [0.15, 0.2) is 67.0 Å². The highest BCUT2D eigenvalue weighted by Crippen LogP contribution is 2.39. The van der Waals surface area contributed by atoms with Crippen molar-refractivity contribution >= 4 is 39.9 Å². The minimum Gasteiger partial charge on any atom is -0.397 e. The van der Waals surface area contributed by atoms with E-state index in [1.165, 1.54) is 22.9 Å². The van der Waals surface area contributed by atoms with Crippen molar-refractivity contribution < 1.29 is 9.59 Å². The van der Waals surface area contributed by atoms with Crippen LogP contribution in [0.3, 0.4) is 0 Å². The molecule has 1 unspecified atom stereocenters. The Bertz CT molecular complexity index is 1340. The van der Waals surface area contributed by atoms with Crippen LogP contribution in [0.1, 0.15) is 39.0 Å². The van der Waals surface area contributed by atoms with Gasteiger partial charge in [-0.1, -0.05) is 24.3 Å². The lowest BCUT2D eigenvalue weighted by atomic mass is 9.99. The maximum atomic E-state index is 12.9. The van der Waals surface area contributed by atoms with Crippen LogP contribution in [-0.4, -0.2) is 40.5 Å². The summed E-state index contributed by atoms with van der Waals surface area (Å²) < 4.78 is 0. The monoisotopic (exact) mass is 499 g/mol. The summed E-state index contributed by atoms with van der Waals surface area (Å²) in [5.41, 5.74) is 12.2. The Morgan fingerprint density at radius 1 is 1.14 bits per heavy atom. The molecule has 0 saturated carbocycles. The third-order valence-electron chi connectivity index (χ3n) is 6.45. The first kappa shape index (κ1) is 24.1. The number of nitrogen functional groups attached to an aromatic ring is 1. The van der Waals surface area contributed by atoms with Crippen molar-refractivity contribution in [2.75, 3.05) is 24.6 Å². The fourth-order valence-electron chi connectivity index (χ4n) is 4.51. The van der Waals surface area contributed by atoms with Crippen LogP contribution in [0.4, 0.5) is 11.4 Å². The number of carbonyl (C=O) groups excluding carboxylic acids is 2. The molecule has 0 radical (unpaired) electrons. The number of amides is 2. The summed E-state index contributed by atoms with van der Waals surface area (Å²) in [6.45, 7) is 2.30. The van der Waals surface area contributed by atoms with Gasteiger partial charge in [0.05, 0.1) is 10.9 Å². The molecule has 3 aromatic rings. The van der Waals surface area contributed by atoms with Gasteiger partial charge in [0, 0.05) is 53.7 Å². The number of fused-ring (bicyclic) bond motifs is 1. The molecule has 0 bridgehead atoms. The molecule has 2 aliphatic rings. The normalized spacial score (nSPS) is 17.2. The zero-order valence-electron chi connectivity index (χ0n) is 20.2. The smallest absolute Gasteiger partial charge is 0.255 e. The number of aromatic nitrogens is 1. The number of hydrogen-bond acceptors (Lipinski definition) is 6. The van der Waals surface area contributed by atoms with Gasteiger partial charge >= 0.3 is 0 Å². The molecule has 2 aliphatic heterocycles. The van der Waals surface area contributed by atoms with Gasteiger partial charge in [0.15, 0.2) is 0 Å². The minimum absolute atomic E-state index is 0.0306. The summed E-state index contributed by atoms with van der Waals surface area (Å²) in [5, 5.41) is 5.83. The van der Waals surface area contributed by atoms with Crippen LogP contribution >= 0.6 is 11.8 Å². The van der Waals surface area contributed by atoms with Gasteiger partial charge < -0.3 is 21.3 Å². The van der Waals surface area contributed by atoms with Crippen molar-refractivity contribution in [3.05, 3.63) is 94.8 Å². The van der Waals surface area contributed by atoms with Gasteiger partial charge in [-0.25, -0.2) is 0 Å². The van der Waals surface area contributed by atoms with E-state index in [1.807, 2.05) is 30.3 Å². The van der Waals surface area contributed by atoms with Crippen molar-refractivity contribution in [2.24, 2.45) is 0 Å². The summed E-state index contributed by atoms with van der Waals surface area (Å²) in [6.07, 6.45) is 7.10. The van der Waals surface area contributed by atoms with Crippen LogP contribution in [0.5, 0.6) is 0 Å².